The third-order valence-corrected chi connectivity index (χ3v) is 3.05. The highest BCUT2D eigenvalue weighted by atomic mass is 16.5. The minimum Gasteiger partial charge on any atom is -0.495 e. The average Bonchev–Trinajstić information content (AvgIpc) is 2.26. The largest absolute Gasteiger partial charge is 0.495 e. The van der Waals surface area contributed by atoms with E-state index in [0.29, 0.717) is 11.4 Å². The van der Waals surface area contributed by atoms with Gasteiger partial charge in [-0.15, -0.1) is 0 Å². The molecule has 0 unspecified atom stereocenters. The van der Waals surface area contributed by atoms with Crippen LogP contribution in [0.4, 0.5) is 5.69 Å². The molecule has 16 heavy (non-hydrogen) atoms. The van der Waals surface area contributed by atoms with Crippen molar-refractivity contribution < 1.29 is 9.53 Å². The summed E-state index contributed by atoms with van der Waals surface area (Å²) in [6, 6.07) is 7.32. The van der Waals surface area contributed by atoms with Crippen molar-refractivity contribution in [2.45, 2.75) is 24.8 Å². The van der Waals surface area contributed by atoms with Crippen LogP contribution >= 0.6 is 0 Å². The van der Waals surface area contributed by atoms with E-state index in [1.54, 1.807) is 19.2 Å². The van der Waals surface area contributed by atoms with E-state index in [2.05, 4.69) is 5.32 Å². The third-order valence-electron chi connectivity index (χ3n) is 3.05. The molecule has 0 radical (unpaired) electrons. The zero-order valence-corrected chi connectivity index (χ0v) is 9.32. The van der Waals surface area contributed by atoms with Gasteiger partial charge in [-0.1, -0.05) is 12.1 Å². The molecule has 1 aromatic carbocycles. The summed E-state index contributed by atoms with van der Waals surface area (Å²) in [6.45, 7) is 0. The summed E-state index contributed by atoms with van der Waals surface area (Å²) in [7, 11) is 1.58. The van der Waals surface area contributed by atoms with Gasteiger partial charge in [0.15, 0.2) is 0 Å². The van der Waals surface area contributed by atoms with Crippen LogP contribution in [0.2, 0.25) is 0 Å². The number of rotatable bonds is 3. The molecule has 86 valence electrons. The molecule has 1 amide bonds. The Kier molecular flexibility index (Phi) is 2.83. The number of anilines is 1. The fraction of sp³-hybridized carbons (Fsp3) is 0.417. The third kappa shape index (κ3) is 1.88. The number of hydrogen-bond donors (Lipinski definition) is 2. The van der Waals surface area contributed by atoms with Crippen molar-refractivity contribution in [3.63, 3.8) is 0 Å². The number of nitrogens with two attached hydrogens (primary N) is 1. The van der Waals surface area contributed by atoms with Gasteiger partial charge in [-0.05, 0) is 31.4 Å². The summed E-state index contributed by atoms with van der Waals surface area (Å²) in [5.74, 6) is 0.530. The van der Waals surface area contributed by atoms with Crippen LogP contribution in [0.25, 0.3) is 0 Å². The van der Waals surface area contributed by atoms with E-state index in [0.717, 1.165) is 19.3 Å². The predicted octanol–water partition coefficient (Wildman–Crippen LogP) is 1.52. The molecule has 3 N–H and O–H groups in total. The summed E-state index contributed by atoms with van der Waals surface area (Å²) in [5, 5.41) is 2.81. The maximum Gasteiger partial charge on any atom is 0.244 e. The summed E-state index contributed by atoms with van der Waals surface area (Å²) in [4.78, 5) is 11.9. The molecule has 4 nitrogen and oxygen atoms in total. The van der Waals surface area contributed by atoms with Crippen LogP contribution in [-0.2, 0) is 4.79 Å². The van der Waals surface area contributed by atoms with E-state index in [-0.39, 0.29) is 5.91 Å². The van der Waals surface area contributed by atoms with Crippen LogP contribution in [0.15, 0.2) is 24.3 Å². The van der Waals surface area contributed by atoms with Gasteiger partial charge in [0.25, 0.3) is 0 Å². The molecular weight excluding hydrogens is 204 g/mol. The number of carbonyl (C=O) groups is 1. The van der Waals surface area contributed by atoms with E-state index in [1.165, 1.54) is 0 Å². The van der Waals surface area contributed by atoms with Gasteiger partial charge in [0, 0.05) is 0 Å². The molecule has 1 saturated carbocycles. The fourth-order valence-electron chi connectivity index (χ4n) is 1.78. The van der Waals surface area contributed by atoms with E-state index in [1.807, 2.05) is 12.1 Å². The zero-order valence-electron chi connectivity index (χ0n) is 9.32. The van der Waals surface area contributed by atoms with Gasteiger partial charge >= 0.3 is 0 Å². The van der Waals surface area contributed by atoms with Crippen LogP contribution in [0, 0.1) is 0 Å². The Labute approximate surface area is 94.8 Å². The molecule has 2 rings (SSSR count). The van der Waals surface area contributed by atoms with Crippen molar-refractivity contribution in [1.82, 2.24) is 0 Å². The first-order valence-electron chi connectivity index (χ1n) is 5.39. The second-order valence-corrected chi connectivity index (χ2v) is 4.16. The van der Waals surface area contributed by atoms with Gasteiger partial charge in [0.1, 0.15) is 5.75 Å². The van der Waals surface area contributed by atoms with E-state index in [9.17, 15) is 4.79 Å². The Morgan fingerprint density at radius 1 is 1.44 bits per heavy atom. The quantitative estimate of drug-likeness (QED) is 0.811. The van der Waals surface area contributed by atoms with Crippen LogP contribution in [-0.4, -0.2) is 18.6 Å². The average molecular weight is 220 g/mol. The lowest BCUT2D eigenvalue weighted by Crippen LogP contribution is -2.56. The topological polar surface area (TPSA) is 64.3 Å². The molecule has 4 heteroatoms. The molecule has 0 atom stereocenters. The van der Waals surface area contributed by atoms with Crippen LogP contribution in [0.1, 0.15) is 19.3 Å². The van der Waals surface area contributed by atoms with Crippen LogP contribution < -0.4 is 15.8 Å². The Morgan fingerprint density at radius 3 is 2.69 bits per heavy atom. The standard InChI is InChI=1S/C12H16N2O2/c1-16-10-6-3-2-5-9(10)14-11(15)12(13)7-4-8-12/h2-3,5-6H,4,7-8,13H2,1H3,(H,14,15). The molecule has 0 bridgehead atoms. The number of hydrogen-bond acceptors (Lipinski definition) is 3. The number of methoxy groups -OCH3 is 1. The van der Waals surface area contributed by atoms with Crippen molar-refractivity contribution in [2.24, 2.45) is 5.73 Å². The lowest BCUT2D eigenvalue weighted by molar-refractivity contribution is -0.123. The van der Waals surface area contributed by atoms with Gasteiger partial charge in [-0.3, -0.25) is 4.79 Å². The molecule has 1 aliphatic carbocycles. The second kappa shape index (κ2) is 4.14. The molecule has 1 aromatic rings. The predicted molar refractivity (Wildman–Crippen MR) is 62.4 cm³/mol. The Morgan fingerprint density at radius 2 is 2.12 bits per heavy atom. The highest BCUT2D eigenvalue weighted by Gasteiger charge is 2.40. The molecule has 1 aliphatic rings. The SMILES string of the molecule is COc1ccccc1NC(=O)C1(N)CCC1. The van der Waals surface area contributed by atoms with Crippen molar-refractivity contribution in [3.05, 3.63) is 24.3 Å². The minimum atomic E-state index is -0.680. The first kappa shape index (κ1) is 11.0. The first-order chi connectivity index (χ1) is 7.65. The maximum atomic E-state index is 11.9. The molecule has 1 fully saturated rings. The van der Waals surface area contributed by atoms with Crippen molar-refractivity contribution >= 4 is 11.6 Å². The van der Waals surface area contributed by atoms with Crippen molar-refractivity contribution in [1.29, 1.82) is 0 Å². The van der Waals surface area contributed by atoms with E-state index in [4.69, 9.17) is 10.5 Å². The van der Waals surface area contributed by atoms with E-state index < -0.39 is 5.54 Å². The number of benzene rings is 1. The van der Waals surface area contributed by atoms with Gasteiger partial charge in [0.05, 0.1) is 18.3 Å². The Balaban J connectivity index is 2.11. The summed E-state index contributed by atoms with van der Waals surface area (Å²) in [6.07, 6.45) is 2.54. The van der Waals surface area contributed by atoms with Crippen molar-refractivity contribution in [2.75, 3.05) is 12.4 Å². The molecule has 0 spiro atoms. The number of para-hydroxylation sites is 2. The smallest absolute Gasteiger partial charge is 0.244 e. The minimum absolute atomic E-state index is 0.122. The lowest BCUT2D eigenvalue weighted by Gasteiger charge is -2.36. The van der Waals surface area contributed by atoms with E-state index >= 15 is 0 Å². The van der Waals surface area contributed by atoms with Gasteiger partial charge in [-0.2, -0.15) is 0 Å². The monoisotopic (exact) mass is 220 g/mol. The number of carbonyl (C=O) groups excluding carboxylic acids is 1. The molecule has 0 heterocycles. The van der Waals surface area contributed by atoms with Crippen molar-refractivity contribution in [3.8, 4) is 5.75 Å². The number of nitrogens with one attached hydrogen (secondary N) is 1. The summed E-state index contributed by atoms with van der Waals surface area (Å²) in [5.41, 5.74) is 5.93. The molecular formula is C12H16N2O2. The van der Waals surface area contributed by atoms with Crippen LogP contribution in [0.5, 0.6) is 5.75 Å². The van der Waals surface area contributed by atoms with Gasteiger partial charge < -0.3 is 15.8 Å². The zero-order chi connectivity index (χ0) is 11.6. The molecule has 0 saturated heterocycles. The first-order valence-corrected chi connectivity index (χ1v) is 5.39. The lowest BCUT2D eigenvalue weighted by atomic mass is 9.77. The highest BCUT2D eigenvalue weighted by Crippen LogP contribution is 2.31. The summed E-state index contributed by atoms with van der Waals surface area (Å²) >= 11 is 0. The number of ether oxygens (including phenoxy) is 1. The number of amides is 1. The maximum absolute atomic E-state index is 11.9. The van der Waals surface area contributed by atoms with Gasteiger partial charge in [0.2, 0.25) is 5.91 Å². The van der Waals surface area contributed by atoms with Gasteiger partial charge in [-0.25, -0.2) is 0 Å². The second-order valence-electron chi connectivity index (χ2n) is 4.16. The highest BCUT2D eigenvalue weighted by molar-refractivity contribution is 5.99. The summed E-state index contributed by atoms with van der Waals surface area (Å²) < 4.78 is 5.15. The fourth-order valence-corrected chi connectivity index (χ4v) is 1.78. The van der Waals surface area contributed by atoms with Crippen LogP contribution in [0.3, 0.4) is 0 Å². The molecule has 0 aromatic heterocycles. The normalized spacial score (nSPS) is 17.4. The Hall–Kier alpha value is -1.55. The molecule has 0 aliphatic heterocycles. The Bertz CT molecular complexity index is 400.